The summed E-state index contributed by atoms with van der Waals surface area (Å²) in [5.41, 5.74) is 1.10. The standard InChI is InChI=1S/C20H27N3O5S/c1-13-10-16(14(2)23(13)15-6-9-29(27,28)12-15)17(24)11-22-18(25)20(21-19(22)26)7-4-3-5-8-20/h10,15H,3-9,11-12H2,1-2H3,(H,21,26)/t15-/m0/s1. The molecule has 1 spiro atoms. The third-order valence-corrected chi connectivity index (χ3v) is 8.36. The number of nitrogens with zero attached hydrogens (tertiary/aromatic N) is 2. The lowest BCUT2D eigenvalue weighted by molar-refractivity contribution is -0.132. The number of amides is 3. The Labute approximate surface area is 170 Å². The molecule has 158 valence electrons. The third-order valence-electron chi connectivity index (χ3n) is 6.61. The van der Waals surface area contributed by atoms with Crippen molar-refractivity contribution >= 4 is 27.6 Å². The van der Waals surface area contributed by atoms with E-state index in [1.807, 2.05) is 11.5 Å². The van der Waals surface area contributed by atoms with Gasteiger partial charge < -0.3 is 9.88 Å². The van der Waals surface area contributed by atoms with Gasteiger partial charge in [-0.25, -0.2) is 13.2 Å². The van der Waals surface area contributed by atoms with E-state index in [-0.39, 0.29) is 35.8 Å². The molecule has 0 aromatic carbocycles. The number of rotatable bonds is 4. The van der Waals surface area contributed by atoms with E-state index >= 15 is 0 Å². The molecule has 0 unspecified atom stereocenters. The zero-order chi connectivity index (χ0) is 21.0. The molecule has 2 aliphatic heterocycles. The van der Waals surface area contributed by atoms with Crippen LogP contribution < -0.4 is 5.32 Å². The molecule has 8 nitrogen and oxygen atoms in total. The van der Waals surface area contributed by atoms with Crippen LogP contribution in [-0.2, 0) is 14.6 Å². The average Bonchev–Trinajstić information content (AvgIpc) is 3.23. The van der Waals surface area contributed by atoms with Crippen molar-refractivity contribution < 1.29 is 22.8 Å². The minimum absolute atomic E-state index is 0.0759. The second-order valence-corrected chi connectivity index (χ2v) is 10.8. The molecule has 3 fully saturated rings. The number of carbonyl (C=O) groups excluding carboxylic acids is 3. The minimum atomic E-state index is -3.05. The van der Waals surface area contributed by atoms with Gasteiger partial charge in [-0.15, -0.1) is 0 Å². The van der Waals surface area contributed by atoms with E-state index in [1.54, 1.807) is 13.0 Å². The van der Waals surface area contributed by atoms with Crippen molar-refractivity contribution in [1.29, 1.82) is 0 Å². The lowest BCUT2D eigenvalue weighted by Crippen LogP contribution is -2.48. The van der Waals surface area contributed by atoms with E-state index in [2.05, 4.69) is 5.32 Å². The second-order valence-electron chi connectivity index (χ2n) is 8.60. The molecular weight excluding hydrogens is 394 g/mol. The van der Waals surface area contributed by atoms with Crippen molar-refractivity contribution in [3.05, 3.63) is 23.0 Å². The van der Waals surface area contributed by atoms with Crippen molar-refractivity contribution in [1.82, 2.24) is 14.8 Å². The van der Waals surface area contributed by atoms with Crippen LogP contribution in [0.1, 0.15) is 66.3 Å². The highest BCUT2D eigenvalue weighted by Crippen LogP contribution is 2.34. The summed E-state index contributed by atoms with van der Waals surface area (Å²) >= 11 is 0. The topological polar surface area (TPSA) is 106 Å². The van der Waals surface area contributed by atoms with Gasteiger partial charge in [0.2, 0.25) is 0 Å². The number of nitrogens with one attached hydrogen (secondary N) is 1. The van der Waals surface area contributed by atoms with Crippen LogP contribution in [0.15, 0.2) is 6.07 Å². The Morgan fingerprint density at radius 2 is 1.90 bits per heavy atom. The van der Waals surface area contributed by atoms with Gasteiger partial charge in [-0.3, -0.25) is 14.5 Å². The number of hydrogen-bond acceptors (Lipinski definition) is 5. The number of sulfone groups is 1. The fourth-order valence-electron chi connectivity index (χ4n) is 5.14. The maximum absolute atomic E-state index is 13.0. The number of carbonyl (C=O) groups is 3. The average molecular weight is 422 g/mol. The van der Waals surface area contributed by atoms with E-state index in [4.69, 9.17) is 0 Å². The lowest BCUT2D eigenvalue weighted by atomic mass is 9.82. The summed E-state index contributed by atoms with van der Waals surface area (Å²) in [4.78, 5) is 39.4. The summed E-state index contributed by atoms with van der Waals surface area (Å²) in [6.45, 7) is 3.35. The first-order valence-corrected chi connectivity index (χ1v) is 12.0. The summed E-state index contributed by atoms with van der Waals surface area (Å²) in [6, 6.07) is 1.06. The van der Waals surface area contributed by atoms with Gasteiger partial charge in [-0.1, -0.05) is 19.3 Å². The largest absolute Gasteiger partial charge is 0.344 e. The minimum Gasteiger partial charge on any atom is -0.344 e. The molecule has 3 aliphatic rings. The predicted molar refractivity (Wildman–Crippen MR) is 107 cm³/mol. The monoisotopic (exact) mass is 421 g/mol. The molecule has 1 saturated carbocycles. The third kappa shape index (κ3) is 3.39. The zero-order valence-electron chi connectivity index (χ0n) is 16.9. The Bertz CT molecular complexity index is 988. The molecule has 29 heavy (non-hydrogen) atoms. The first-order valence-electron chi connectivity index (χ1n) is 10.2. The maximum Gasteiger partial charge on any atom is 0.325 e. The molecule has 3 heterocycles. The normalized spacial score (nSPS) is 25.6. The van der Waals surface area contributed by atoms with Crippen LogP contribution in [0.2, 0.25) is 0 Å². The predicted octanol–water partition coefficient (Wildman–Crippen LogP) is 1.90. The van der Waals surface area contributed by atoms with E-state index in [1.165, 1.54) is 0 Å². The van der Waals surface area contributed by atoms with Gasteiger partial charge in [-0.2, -0.15) is 0 Å². The molecule has 2 saturated heterocycles. The smallest absolute Gasteiger partial charge is 0.325 e. The Morgan fingerprint density at radius 3 is 2.52 bits per heavy atom. The molecule has 3 amide bonds. The number of urea groups is 1. The number of aromatic nitrogens is 1. The number of ketones is 1. The molecule has 4 rings (SSSR count). The van der Waals surface area contributed by atoms with Crippen LogP contribution in [-0.4, -0.2) is 59.2 Å². The van der Waals surface area contributed by atoms with E-state index in [0.717, 1.165) is 29.9 Å². The van der Waals surface area contributed by atoms with Gasteiger partial charge in [0, 0.05) is 23.0 Å². The van der Waals surface area contributed by atoms with Crippen molar-refractivity contribution in [2.75, 3.05) is 18.1 Å². The SMILES string of the molecule is Cc1cc(C(=O)CN2C(=O)NC3(CCCCC3)C2=O)c(C)n1[C@H]1CCS(=O)(=O)C1. The van der Waals surface area contributed by atoms with Crippen LogP contribution in [0.25, 0.3) is 0 Å². The highest BCUT2D eigenvalue weighted by molar-refractivity contribution is 7.91. The van der Waals surface area contributed by atoms with Crippen LogP contribution in [0.3, 0.4) is 0 Å². The van der Waals surface area contributed by atoms with Crippen LogP contribution in [0.5, 0.6) is 0 Å². The summed E-state index contributed by atoms with van der Waals surface area (Å²) < 4.78 is 25.6. The highest BCUT2D eigenvalue weighted by Gasteiger charge is 2.51. The molecular formula is C20H27N3O5S. The Morgan fingerprint density at radius 1 is 1.21 bits per heavy atom. The first-order chi connectivity index (χ1) is 13.6. The van der Waals surface area contributed by atoms with E-state index in [0.29, 0.717) is 30.5 Å². The first kappa shape index (κ1) is 20.1. The molecule has 9 heteroatoms. The van der Waals surface area contributed by atoms with Crippen molar-refractivity contribution in [3.63, 3.8) is 0 Å². The van der Waals surface area contributed by atoms with Crippen molar-refractivity contribution in [2.24, 2.45) is 0 Å². The molecule has 1 N–H and O–H groups in total. The van der Waals surface area contributed by atoms with Gasteiger partial charge in [-0.05, 0) is 39.2 Å². The quantitative estimate of drug-likeness (QED) is 0.590. The number of hydrogen-bond donors (Lipinski definition) is 1. The number of aryl methyl sites for hydroxylation is 1. The summed E-state index contributed by atoms with van der Waals surface area (Å²) in [7, 11) is -3.05. The summed E-state index contributed by atoms with van der Waals surface area (Å²) in [6.07, 6.45) is 4.59. The molecule has 1 aromatic heterocycles. The Hall–Kier alpha value is -2.16. The van der Waals surface area contributed by atoms with E-state index < -0.39 is 21.4 Å². The zero-order valence-corrected chi connectivity index (χ0v) is 17.7. The van der Waals surface area contributed by atoms with Gasteiger partial charge in [0.05, 0.1) is 18.1 Å². The fraction of sp³-hybridized carbons (Fsp3) is 0.650. The van der Waals surface area contributed by atoms with Gasteiger partial charge in [0.1, 0.15) is 5.54 Å². The number of Topliss-reactive ketones (excluding diaryl/α,β-unsaturated/α-hetero) is 1. The van der Waals surface area contributed by atoms with Gasteiger partial charge in [0.25, 0.3) is 5.91 Å². The highest BCUT2D eigenvalue weighted by atomic mass is 32.2. The lowest BCUT2D eigenvalue weighted by Gasteiger charge is -2.30. The summed E-state index contributed by atoms with van der Waals surface area (Å²) in [5, 5.41) is 2.82. The summed E-state index contributed by atoms with van der Waals surface area (Å²) in [5.74, 6) is -0.373. The van der Waals surface area contributed by atoms with Crippen LogP contribution in [0, 0.1) is 13.8 Å². The fourth-order valence-corrected chi connectivity index (χ4v) is 6.84. The molecule has 1 aliphatic carbocycles. The Balaban J connectivity index is 1.54. The number of imide groups is 1. The second kappa shape index (κ2) is 6.97. The molecule has 1 aromatic rings. The maximum atomic E-state index is 13.0. The van der Waals surface area contributed by atoms with Crippen LogP contribution >= 0.6 is 0 Å². The van der Waals surface area contributed by atoms with Crippen molar-refractivity contribution in [2.45, 2.75) is 64.0 Å². The molecule has 0 bridgehead atoms. The van der Waals surface area contributed by atoms with E-state index in [9.17, 15) is 22.8 Å². The van der Waals surface area contributed by atoms with Crippen LogP contribution in [0.4, 0.5) is 4.79 Å². The van der Waals surface area contributed by atoms with Gasteiger partial charge in [0.15, 0.2) is 15.6 Å². The molecule has 1 atom stereocenters. The molecule has 0 radical (unpaired) electrons. The Kier molecular flexibility index (Phi) is 4.83. The van der Waals surface area contributed by atoms with Gasteiger partial charge >= 0.3 is 6.03 Å². The van der Waals surface area contributed by atoms with Crippen molar-refractivity contribution in [3.8, 4) is 0 Å².